The van der Waals surface area contributed by atoms with Crippen LogP contribution in [0.2, 0.25) is 0 Å². The zero-order valence-corrected chi connectivity index (χ0v) is 10.1. The standard InChI is InChI=1S/C13H14F4O2/c14-11(15)19-10-3-1-9(2-4-10)12(18)5-7-13(16,17)8-6-12/h1-4,11,18H,5-8H2. The molecule has 0 atom stereocenters. The van der Waals surface area contributed by atoms with Gasteiger partial charge in [0.05, 0.1) is 5.60 Å². The lowest BCUT2D eigenvalue weighted by Crippen LogP contribution is -2.36. The van der Waals surface area contributed by atoms with Gasteiger partial charge in [-0.3, -0.25) is 0 Å². The molecule has 1 aromatic rings. The van der Waals surface area contributed by atoms with Crippen LogP contribution in [0.1, 0.15) is 31.2 Å². The summed E-state index contributed by atoms with van der Waals surface area (Å²) < 4.78 is 54.3. The van der Waals surface area contributed by atoms with Crippen molar-refractivity contribution in [3.05, 3.63) is 29.8 Å². The molecule has 0 saturated heterocycles. The van der Waals surface area contributed by atoms with Gasteiger partial charge in [0.25, 0.3) is 0 Å². The van der Waals surface area contributed by atoms with Gasteiger partial charge in [-0.15, -0.1) is 0 Å². The van der Waals surface area contributed by atoms with Gasteiger partial charge in [0.2, 0.25) is 5.92 Å². The molecule has 2 rings (SSSR count). The molecule has 0 aliphatic heterocycles. The zero-order valence-electron chi connectivity index (χ0n) is 10.1. The van der Waals surface area contributed by atoms with Crippen LogP contribution in [0.25, 0.3) is 0 Å². The smallest absolute Gasteiger partial charge is 0.387 e. The van der Waals surface area contributed by atoms with Gasteiger partial charge in [0.1, 0.15) is 5.75 Å². The van der Waals surface area contributed by atoms with Gasteiger partial charge in [-0.2, -0.15) is 8.78 Å². The molecule has 0 amide bonds. The molecule has 1 fully saturated rings. The summed E-state index contributed by atoms with van der Waals surface area (Å²) in [4.78, 5) is 0. The van der Waals surface area contributed by atoms with E-state index in [9.17, 15) is 22.7 Å². The first-order valence-electron chi connectivity index (χ1n) is 5.96. The summed E-state index contributed by atoms with van der Waals surface area (Å²) in [6.07, 6.45) is -0.846. The highest BCUT2D eigenvalue weighted by Crippen LogP contribution is 2.43. The molecule has 0 heterocycles. The van der Waals surface area contributed by atoms with Crippen molar-refractivity contribution >= 4 is 0 Å². The number of hydrogen-bond donors (Lipinski definition) is 1. The van der Waals surface area contributed by atoms with Gasteiger partial charge in [-0.1, -0.05) is 12.1 Å². The molecule has 1 aliphatic rings. The van der Waals surface area contributed by atoms with E-state index < -0.39 is 18.1 Å². The summed E-state index contributed by atoms with van der Waals surface area (Å²) in [7, 11) is 0. The van der Waals surface area contributed by atoms with E-state index in [0.29, 0.717) is 5.56 Å². The molecule has 0 spiro atoms. The van der Waals surface area contributed by atoms with Crippen LogP contribution in [0.4, 0.5) is 17.6 Å². The predicted octanol–water partition coefficient (Wildman–Crippen LogP) is 3.68. The molecule has 106 valence electrons. The lowest BCUT2D eigenvalue weighted by molar-refractivity contribution is -0.107. The van der Waals surface area contributed by atoms with Crippen LogP contribution in [-0.4, -0.2) is 17.6 Å². The maximum atomic E-state index is 13.1. The Balaban J connectivity index is 2.09. The lowest BCUT2D eigenvalue weighted by Gasteiger charge is -2.36. The molecule has 0 unspecified atom stereocenters. The van der Waals surface area contributed by atoms with Crippen molar-refractivity contribution in [3.8, 4) is 5.75 Å². The van der Waals surface area contributed by atoms with Crippen LogP contribution >= 0.6 is 0 Å². The fourth-order valence-electron chi connectivity index (χ4n) is 2.26. The quantitative estimate of drug-likeness (QED) is 0.854. The van der Waals surface area contributed by atoms with Crippen LogP contribution in [0.5, 0.6) is 5.75 Å². The van der Waals surface area contributed by atoms with E-state index in [1.54, 1.807) is 0 Å². The van der Waals surface area contributed by atoms with Gasteiger partial charge >= 0.3 is 6.61 Å². The van der Waals surface area contributed by atoms with Gasteiger partial charge in [0, 0.05) is 12.8 Å². The van der Waals surface area contributed by atoms with Crippen LogP contribution in [0, 0.1) is 0 Å². The molecule has 0 aromatic heterocycles. The first-order chi connectivity index (χ1) is 8.81. The van der Waals surface area contributed by atoms with Crippen LogP contribution in [0.15, 0.2) is 24.3 Å². The van der Waals surface area contributed by atoms with Crippen LogP contribution in [-0.2, 0) is 5.60 Å². The minimum absolute atomic E-state index is 0.0245. The first-order valence-corrected chi connectivity index (χ1v) is 5.96. The monoisotopic (exact) mass is 278 g/mol. The highest BCUT2D eigenvalue weighted by atomic mass is 19.3. The molecule has 1 aromatic carbocycles. The van der Waals surface area contributed by atoms with Crippen molar-refractivity contribution in [2.24, 2.45) is 0 Å². The van der Waals surface area contributed by atoms with E-state index in [1.165, 1.54) is 24.3 Å². The minimum atomic E-state index is -2.91. The molecule has 1 N–H and O–H groups in total. The topological polar surface area (TPSA) is 29.5 Å². The second-order valence-corrected chi connectivity index (χ2v) is 4.79. The summed E-state index contributed by atoms with van der Waals surface area (Å²) in [5.41, 5.74) is -0.866. The zero-order chi connectivity index (χ0) is 14.1. The number of benzene rings is 1. The fourth-order valence-corrected chi connectivity index (χ4v) is 2.26. The van der Waals surface area contributed by atoms with Crippen LogP contribution < -0.4 is 4.74 Å². The largest absolute Gasteiger partial charge is 0.435 e. The van der Waals surface area contributed by atoms with E-state index in [0.717, 1.165) is 0 Å². The summed E-state index contributed by atoms with van der Waals surface area (Å²) in [6, 6.07) is 5.46. The second-order valence-electron chi connectivity index (χ2n) is 4.79. The number of rotatable bonds is 3. The average molecular weight is 278 g/mol. The summed E-state index contributed by atoms with van der Waals surface area (Å²) >= 11 is 0. The molecule has 1 aliphatic carbocycles. The number of ether oxygens (including phenoxy) is 1. The molecule has 1 saturated carbocycles. The van der Waals surface area contributed by atoms with E-state index >= 15 is 0 Å². The van der Waals surface area contributed by atoms with Crippen molar-refractivity contribution in [2.75, 3.05) is 0 Å². The van der Waals surface area contributed by atoms with E-state index in [-0.39, 0.29) is 31.4 Å². The van der Waals surface area contributed by atoms with Crippen LogP contribution in [0.3, 0.4) is 0 Å². The maximum absolute atomic E-state index is 13.1. The van der Waals surface area contributed by atoms with Gasteiger partial charge in [0.15, 0.2) is 0 Å². The number of halogens is 4. The predicted molar refractivity (Wildman–Crippen MR) is 60.4 cm³/mol. The Labute approximate surface area is 108 Å². The average Bonchev–Trinajstić information content (AvgIpc) is 2.34. The van der Waals surface area contributed by atoms with Gasteiger partial charge < -0.3 is 9.84 Å². The molecule has 2 nitrogen and oxygen atoms in total. The Morgan fingerprint density at radius 3 is 2.00 bits per heavy atom. The summed E-state index contributed by atoms with van der Waals surface area (Å²) in [6.45, 7) is -2.91. The van der Waals surface area contributed by atoms with Crippen molar-refractivity contribution in [1.82, 2.24) is 0 Å². The molecule has 0 bridgehead atoms. The fraction of sp³-hybridized carbons (Fsp3) is 0.538. The lowest BCUT2D eigenvalue weighted by atomic mass is 9.78. The van der Waals surface area contributed by atoms with Gasteiger partial charge in [-0.25, -0.2) is 8.78 Å². The third kappa shape index (κ3) is 3.37. The number of aliphatic hydroxyl groups is 1. The third-order valence-corrected chi connectivity index (χ3v) is 3.43. The number of alkyl halides is 4. The Kier molecular flexibility index (Phi) is 3.71. The van der Waals surface area contributed by atoms with Gasteiger partial charge in [-0.05, 0) is 30.5 Å². The first kappa shape index (κ1) is 14.1. The molecule has 0 radical (unpaired) electrons. The van der Waals surface area contributed by atoms with Crippen molar-refractivity contribution < 1.29 is 27.4 Å². The normalized spacial score (nSPS) is 21.4. The Morgan fingerprint density at radius 1 is 1.00 bits per heavy atom. The number of hydrogen-bond acceptors (Lipinski definition) is 2. The maximum Gasteiger partial charge on any atom is 0.387 e. The van der Waals surface area contributed by atoms with E-state index in [1.807, 2.05) is 0 Å². The van der Waals surface area contributed by atoms with Crippen molar-refractivity contribution in [3.63, 3.8) is 0 Å². The SMILES string of the molecule is OC1(c2ccc(OC(F)F)cc2)CCC(F)(F)CC1. The molecule has 6 heteroatoms. The summed E-state index contributed by atoms with van der Waals surface area (Å²) in [5.74, 6) is -2.76. The molecule has 19 heavy (non-hydrogen) atoms. The van der Waals surface area contributed by atoms with E-state index in [4.69, 9.17) is 0 Å². The second kappa shape index (κ2) is 5.00. The molecular formula is C13H14F4O2. The Hall–Kier alpha value is -1.30. The molecular weight excluding hydrogens is 264 g/mol. The highest BCUT2D eigenvalue weighted by molar-refractivity contribution is 5.31. The summed E-state index contributed by atoms with van der Waals surface area (Å²) in [5, 5.41) is 10.3. The van der Waals surface area contributed by atoms with Crippen molar-refractivity contribution in [1.29, 1.82) is 0 Å². The van der Waals surface area contributed by atoms with E-state index in [2.05, 4.69) is 4.74 Å². The highest BCUT2D eigenvalue weighted by Gasteiger charge is 2.43. The minimum Gasteiger partial charge on any atom is -0.435 e. The Bertz CT molecular complexity index is 421. The third-order valence-electron chi connectivity index (χ3n) is 3.43. The van der Waals surface area contributed by atoms with Crippen molar-refractivity contribution in [2.45, 2.75) is 43.8 Å². The Morgan fingerprint density at radius 2 is 1.53 bits per heavy atom.